The second kappa shape index (κ2) is 2.49. The maximum Gasteiger partial charge on any atom is 0.293 e. The number of carbonyl (C=O) groups excluding carboxylic acids is 1. The number of ether oxygens (including phenoxy) is 1. The number of hydrogen-bond acceptors (Lipinski definition) is 2. The van der Waals surface area contributed by atoms with E-state index in [9.17, 15) is 4.79 Å². The Hall–Kier alpha value is -0.530. The van der Waals surface area contributed by atoms with Gasteiger partial charge >= 0.3 is 0 Å². The molecule has 0 aromatic rings. The van der Waals surface area contributed by atoms with Crippen LogP contribution in [0.4, 0.5) is 0 Å². The molecule has 0 radical (unpaired) electrons. The Labute approximate surface area is 79.7 Å². The van der Waals surface area contributed by atoms with E-state index in [-0.39, 0.29) is 11.5 Å². The molecule has 2 aliphatic carbocycles. The van der Waals surface area contributed by atoms with E-state index in [2.05, 4.69) is 20.8 Å². The minimum Gasteiger partial charge on any atom is -0.464 e. The fourth-order valence-electron chi connectivity index (χ4n) is 3.40. The highest BCUT2D eigenvalue weighted by Crippen LogP contribution is 2.66. The highest BCUT2D eigenvalue weighted by atomic mass is 16.5. The van der Waals surface area contributed by atoms with E-state index in [1.54, 1.807) is 0 Å². The van der Waals surface area contributed by atoms with Crippen molar-refractivity contribution < 1.29 is 9.53 Å². The topological polar surface area (TPSA) is 26.3 Å². The molecule has 0 aliphatic heterocycles. The van der Waals surface area contributed by atoms with Crippen LogP contribution >= 0.6 is 0 Å². The lowest BCUT2D eigenvalue weighted by Crippen LogP contribution is -2.36. The molecule has 0 amide bonds. The van der Waals surface area contributed by atoms with Crippen molar-refractivity contribution in [3.05, 3.63) is 0 Å². The molecule has 2 nitrogen and oxygen atoms in total. The van der Waals surface area contributed by atoms with E-state index in [0.717, 1.165) is 12.3 Å². The smallest absolute Gasteiger partial charge is 0.293 e. The maximum atomic E-state index is 10.4. The van der Waals surface area contributed by atoms with Crippen LogP contribution in [0.15, 0.2) is 0 Å². The molecule has 2 bridgehead atoms. The summed E-state index contributed by atoms with van der Waals surface area (Å²) in [5, 5.41) is 0. The van der Waals surface area contributed by atoms with E-state index >= 15 is 0 Å². The lowest BCUT2D eigenvalue weighted by Gasteiger charge is -2.37. The third-order valence-corrected chi connectivity index (χ3v) is 4.93. The summed E-state index contributed by atoms with van der Waals surface area (Å²) in [6.45, 7) is 7.53. The molecular formula is C11H18O2. The maximum absolute atomic E-state index is 10.4. The SMILES string of the molecule is CC1(C)[C@@H]2CC[C@]1(C)C(OC=O)C2. The Morgan fingerprint density at radius 2 is 2.08 bits per heavy atom. The summed E-state index contributed by atoms with van der Waals surface area (Å²) in [7, 11) is 0. The van der Waals surface area contributed by atoms with Crippen LogP contribution in [0.1, 0.15) is 40.0 Å². The van der Waals surface area contributed by atoms with Crippen LogP contribution < -0.4 is 0 Å². The zero-order chi connectivity index (χ0) is 9.69. The van der Waals surface area contributed by atoms with Gasteiger partial charge in [-0.1, -0.05) is 20.8 Å². The van der Waals surface area contributed by atoms with Crippen molar-refractivity contribution in [3.63, 3.8) is 0 Å². The first-order valence-corrected chi connectivity index (χ1v) is 5.11. The van der Waals surface area contributed by atoms with Crippen molar-refractivity contribution in [3.8, 4) is 0 Å². The molecule has 0 N–H and O–H groups in total. The highest BCUT2D eigenvalue weighted by Gasteiger charge is 2.62. The van der Waals surface area contributed by atoms with E-state index in [1.807, 2.05) is 0 Å². The number of hydrogen-bond donors (Lipinski definition) is 0. The standard InChI is InChI=1S/C11H18O2/c1-10(2)8-4-5-11(10,3)9(6-8)13-7-12/h7-9H,4-6H2,1-3H3/t8-,9?,11-/m1/s1. The molecule has 2 rings (SSSR count). The monoisotopic (exact) mass is 182 g/mol. The molecule has 1 unspecified atom stereocenters. The Kier molecular flexibility index (Phi) is 1.73. The van der Waals surface area contributed by atoms with Gasteiger partial charge in [-0.25, -0.2) is 0 Å². The van der Waals surface area contributed by atoms with Gasteiger partial charge in [-0.2, -0.15) is 0 Å². The van der Waals surface area contributed by atoms with Gasteiger partial charge in [0.05, 0.1) is 0 Å². The zero-order valence-electron chi connectivity index (χ0n) is 8.67. The van der Waals surface area contributed by atoms with Crippen LogP contribution in [0, 0.1) is 16.7 Å². The molecule has 2 heteroatoms. The second-order valence-corrected chi connectivity index (χ2v) is 5.33. The van der Waals surface area contributed by atoms with Crippen LogP contribution in [0.2, 0.25) is 0 Å². The van der Waals surface area contributed by atoms with Crippen molar-refractivity contribution in [1.82, 2.24) is 0 Å². The normalized spacial score (nSPS) is 46.4. The van der Waals surface area contributed by atoms with Crippen molar-refractivity contribution in [2.75, 3.05) is 0 Å². The molecule has 2 fully saturated rings. The fourth-order valence-corrected chi connectivity index (χ4v) is 3.40. The quantitative estimate of drug-likeness (QED) is 0.613. The van der Waals surface area contributed by atoms with Gasteiger partial charge in [-0.05, 0) is 30.6 Å². The van der Waals surface area contributed by atoms with Gasteiger partial charge in [0.1, 0.15) is 6.10 Å². The molecule has 3 atom stereocenters. The van der Waals surface area contributed by atoms with Gasteiger partial charge in [-0.15, -0.1) is 0 Å². The average molecular weight is 182 g/mol. The van der Waals surface area contributed by atoms with Gasteiger partial charge in [0.25, 0.3) is 6.47 Å². The molecule has 2 aliphatic rings. The Morgan fingerprint density at radius 3 is 2.46 bits per heavy atom. The third-order valence-electron chi connectivity index (χ3n) is 4.93. The molecule has 13 heavy (non-hydrogen) atoms. The van der Waals surface area contributed by atoms with E-state index < -0.39 is 0 Å². The number of rotatable bonds is 2. The first-order chi connectivity index (χ1) is 6.02. The minimum absolute atomic E-state index is 0.166. The summed E-state index contributed by atoms with van der Waals surface area (Å²) < 4.78 is 5.19. The zero-order valence-corrected chi connectivity index (χ0v) is 8.67. The Morgan fingerprint density at radius 1 is 1.38 bits per heavy atom. The molecule has 0 aromatic carbocycles. The molecule has 74 valence electrons. The van der Waals surface area contributed by atoms with Gasteiger partial charge < -0.3 is 4.74 Å². The summed E-state index contributed by atoms with van der Waals surface area (Å²) in [6.07, 6.45) is 3.76. The molecule has 0 spiro atoms. The van der Waals surface area contributed by atoms with Crippen molar-refractivity contribution in [2.24, 2.45) is 16.7 Å². The third kappa shape index (κ3) is 0.918. The molecule has 0 heterocycles. The van der Waals surface area contributed by atoms with E-state index in [1.165, 1.54) is 12.8 Å². The second-order valence-electron chi connectivity index (χ2n) is 5.33. The van der Waals surface area contributed by atoms with Crippen LogP contribution in [0.3, 0.4) is 0 Å². The van der Waals surface area contributed by atoms with E-state index in [0.29, 0.717) is 11.9 Å². The summed E-state index contributed by atoms with van der Waals surface area (Å²) in [5.74, 6) is 0.752. The van der Waals surface area contributed by atoms with Gasteiger partial charge in [0.15, 0.2) is 0 Å². The van der Waals surface area contributed by atoms with Gasteiger partial charge in [0.2, 0.25) is 0 Å². The molecule has 2 saturated carbocycles. The van der Waals surface area contributed by atoms with Crippen LogP contribution in [-0.4, -0.2) is 12.6 Å². The van der Waals surface area contributed by atoms with Crippen LogP contribution in [0.25, 0.3) is 0 Å². The summed E-state index contributed by atoms with van der Waals surface area (Å²) >= 11 is 0. The Bertz CT molecular complexity index is 234. The van der Waals surface area contributed by atoms with Crippen LogP contribution in [-0.2, 0) is 9.53 Å². The van der Waals surface area contributed by atoms with Crippen molar-refractivity contribution in [2.45, 2.75) is 46.1 Å². The lowest BCUT2D eigenvalue weighted by molar-refractivity contribution is -0.141. The molecule has 0 saturated heterocycles. The average Bonchev–Trinajstić information content (AvgIpc) is 2.37. The van der Waals surface area contributed by atoms with E-state index in [4.69, 9.17) is 4.74 Å². The largest absolute Gasteiger partial charge is 0.464 e. The highest BCUT2D eigenvalue weighted by molar-refractivity contribution is 5.38. The number of carbonyl (C=O) groups is 1. The lowest BCUT2D eigenvalue weighted by atomic mass is 9.70. The Balaban J connectivity index is 2.27. The summed E-state index contributed by atoms with van der Waals surface area (Å²) in [5.41, 5.74) is 0.569. The number of fused-ring (bicyclic) bond motifs is 2. The minimum atomic E-state index is 0.166. The first-order valence-electron chi connectivity index (χ1n) is 5.11. The van der Waals surface area contributed by atoms with Crippen molar-refractivity contribution >= 4 is 6.47 Å². The fraction of sp³-hybridized carbons (Fsp3) is 0.909. The predicted octanol–water partition coefficient (Wildman–Crippen LogP) is 2.37. The van der Waals surface area contributed by atoms with Crippen molar-refractivity contribution in [1.29, 1.82) is 0 Å². The van der Waals surface area contributed by atoms with Gasteiger partial charge in [-0.3, -0.25) is 4.79 Å². The summed E-state index contributed by atoms with van der Waals surface area (Å²) in [6, 6.07) is 0. The molecular weight excluding hydrogens is 164 g/mol. The first kappa shape index (κ1) is 9.04. The summed E-state index contributed by atoms with van der Waals surface area (Å²) in [4.78, 5) is 10.4. The van der Waals surface area contributed by atoms with Gasteiger partial charge in [0, 0.05) is 5.41 Å². The van der Waals surface area contributed by atoms with Crippen LogP contribution in [0.5, 0.6) is 0 Å². The predicted molar refractivity (Wildman–Crippen MR) is 50.2 cm³/mol. The molecule has 0 aromatic heterocycles.